The molecule has 6 heteroatoms. The van der Waals surface area contributed by atoms with E-state index in [4.69, 9.17) is 14.2 Å². The molecule has 72 heavy (non-hydrogen) atoms. The fourth-order valence-electron chi connectivity index (χ4n) is 9.83. The molecule has 0 radical (unpaired) electrons. The number of hydrogen-bond donors (Lipinski definition) is 0. The molecular weight excluding hydrogens is 889 g/mol. The zero-order chi connectivity index (χ0) is 52.2. The summed E-state index contributed by atoms with van der Waals surface area (Å²) in [5.74, 6) is -0.859. The molecule has 0 aliphatic rings. The van der Waals surface area contributed by atoms with E-state index in [9.17, 15) is 14.4 Å². The predicted octanol–water partition coefficient (Wildman–Crippen LogP) is 21.8. The van der Waals surface area contributed by atoms with E-state index >= 15 is 0 Å². The van der Waals surface area contributed by atoms with Crippen LogP contribution in [0.1, 0.15) is 361 Å². The van der Waals surface area contributed by atoms with Gasteiger partial charge in [0.1, 0.15) is 13.2 Å². The van der Waals surface area contributed by atoms with Crippen LogP contribution in [-0.2, 0) is 28.6 Å². The van der Waals surface area contributed by atoms with Gasteiger partial charge in [-0.1, -0.05) is 315 Å². The Morgan fingerprint density at radius 1 is 0.278 bits per heavy atom. The normalized spacial score (nSPS) is 12.1. The highest BCUT2D eigenvalue weighted by molar-refractivity contribution is 5.71. The van der Waals surface area contributed by atoms with Crippen molar-refractivity contribution in [2.24, 2.45) is 0 Å². The average molecular weight is 1010 g/mol. The van der Waals surface area contributed by atoms with Crippen molar-refractivity contribution in [3.05, 3.63) is 24.3 Å². The molecule has 1 atom stereocenters. The second-order valence-corrected chi connectivity index (χ2v) is 22.0. The summed E-state index contributed by atoms with van der Waals surface area (Å²) in [5, 5.41) is 0. The molecule has 0 fully saturated rings. The standard InChI is InChI=1S/C66H124O6/c1-4-7-10-13-16-18-20-22-24-26-28-30-31-32-33-34-35-37-38-40-42-44-46-48-50-53-56-59-65(68)71-62-63(61-70-64(67)58-55-52-15-12-9-6-3)72-66(69)60-57-54-51-49-47-45-43-41-39-36-29-27-25-23-21-19-17-14-11-8-5-2/h21,23,27,29,63H,4-20,22,24-26,28,30-62H2,1-3H3/b23-21-,29-27-. The monoisotopic (exact) mass is 1010 g/mol. The lowest BCUT2D eigenvalue weighted by atomic mass is 10.0. The molecule has 1 unspecified atom stereocenters. The summed E-state index contributed by atoms with van der Waals surface area (Å²) in [4.78, 5) is 38.0. The third-order valence-electron chi connectivity index (χ3n) is 14.7. The summed E-state index contributed by atoms with van der Waals surface area (Å²) < 4.78 is 16.8. The minimum atomic E-state index is -0.768. The number of rotatable bonds is 60. The maximum atomic E-state index is 12.8. The molecular formula is C66H124O6. The number of ether oxygens (including phenoxy) is 3. The molecule has 0 N–H and O–H groups in total. The molecule has 6 nitrogen and oxygen atoms in total. The van der Waals surface area contributed by atoms with Gasteiger partial charge in [0.2, 0.25) is 0 Å². The Kier molecular flexibility index (Phi) is 59.6. The Balaban J connectivity index is 4.01. The van der Waals surface area contributed by atoms with Crippen LogP contribution in [0.2, 0.25) is 0 Å². The zero-order valence-corrected chi connectivity index (χ0v) is 48.7. The molecule has 424 valence electrons. The second-order valence-electron chi connectivity index (χ2n) is 22.0. The van der Waals surface area contributed by atoms with Crippen LogP contribution >= 0.6 is 0 Å². The first-order valence-corrected chi connectivity index (χ1v) is 32.3. The van der Waals surface area contributed by atoms with Crippen LogP contribution in [0, 0.1) is 0 Å². The third kappa shape index (κ3) is 58.8. The summed E-state index contributed by atoms with van der Waals surface area (Å²) in [7, 11) is 0. The molecule has 0 aromatic rings. The highest BCUT2D eigenvalue weighted by atomic mass is 16.6. The minimum absolute atomic E-state index is 0.0681. The zero-order valence-electron chi connectivity index (χ0n) is 48.7. The topological polar surface area (TPSA) is 78.9 Å². The van der Waals surface area contributed by atoms with E-state index in [1.54, 1.807) is 0 Å². The fourth-order valence-corrected chi connectivity index (χ4v) is 9.83. The van der Waals surface area contributed by atoms with E-state index < -0.39 is 6.10 Å². The van der Waals surface area contributed by atoms with Crippen molar-refractivity contribution in [2.45, 2.75) is 367 Å². The van der Waals surface area contributed by atoms with Crippen LogP contribution < -0.4 is 0 Å². The summed E-state index contributed by atoms with van der Waals surface area (Å²) in [5.41, 5.74) is 0. The van der Waals surface area contributed by atoms with Gasteiger partial charge in [-0.3, -0.25) is 14.4 Å². The Hall–Kier alpha value is -2.11. The van der Waals surface area contributed by atoms with E-state index in [-0.39, 0.29) is 31.1 Å². The lowest BCUT2D eigenvalue weighted by molar-refractivity contribution is -0.167. The third-order valence-corrected chi connectivity index (χ3v) is 14.7. The number of allylic oxidation sites excluding steroid dienone is 4. The molecule has 0 spiro atoms. The van der Waals surface area contributed by atoms with Gasteiger partial charge in [-0.25, -0.2) is 0 Å². The van der Waals surface area contributed by atoms with E-state index in [1.807, 2.05) is 0 Å². The molecule has 0 amide bonds. The molecule has 0 aromatic carbocycles. The average Bonchev–Trinajstić information content (AvgIpc) is 3.38. The lowest BCUT2D eigenvalue weighted by Gasteiger charge is -2.18. The highest BCUT2D eigenvalue weighted by Crippen LogP contribution is 2.18. The molecule has 0 rings (SSSR count). The maximum absolute atomic E-state index is 12.8. The van der Waals surface area contributed by atoms with E-state index in [2.05, 4.69) is 45.1 Å². The lowest BCUT2D eigenvalue weighted by Crippen LogP contribution is -2.30. The second kappa shape index (κ2) is 61.4. The van der Waals surface area contributed by atoms with Crippen molar-refractivity contribution >= 4 is 17.9 Å². The van der Waals surface area contributed by atoms with Crippen molar-refractivity contribution in [3.63, 3.8) is 0 Å². The van der Waals surface area contributed by atoms with Gasteiger partial charge in [0.15, 0.2) is 6.10 Å². The molecule has 0 aromatic heterocycles. The summed E-state index contributed by atoms with van der Waals surface area (Å²) in [6, 6.07) is 0. The number of unbranched alkanes of at least 4 members (excludes halogenated alkanes) is 45. The Morgan fingerprint density at radius 3 is 0.764 bits per heavy atom. The van der Waals surface area contributed by atoms with Gasteiger partial charge in [-0.15, -0.1) is 0 Å². The smallest absolute Gasteiger partial charge is 0.306 e. The van der Waals surface area contributed by atoms with Gasteiger partial charge in [-0.05, 0) is 51.4 Å². The molecule has 0 aliphatic carbocycles. The van der Waals surface area contributed by atoms with Crippen LogP contribution in [0.25, 0.3) is 0 Å². The van der Waals surface area contributed by atoms with Crippen LogP contribution in [0.15, 0.2) is 24.3 Å². The Morgan fingerprint density at radius 2 is 0.500 bits per heavy atom. The van der Waals surface area contributed by atoms with Gasteiger partial charge in [-0.2, -0.15) is 0 Å². The van der Waals surface area contributed by atoms with Gasteiger partial charge in [0, 0.05) is 19.3 Å². The van der Waals surface area contributed by atoms with Gasteiger partial charge < -0.3 is 14.2 Å². The Labute approximate surface area is 449 Å². The molecule has 0 saturated heterocycles. The van der Waals surface area contributed by atoms with Crippen LogP contribution in [0.3, 0.4) is 0 Å². The Bertz CT molecular complexity index is 1160. The molecule has 0 saturated carbocycles. The molecule has 0 bridgehead atoms. The number of esters is 3. The van der Waals surface area contributed by atoms with E-state index in [0.717, 1.165) is 64.2 Å². The van der Waals surface area contributed by atoms with Crippen molar-refractivity contribution < 1.29 is 28.6 Å². The number of carbonyl (C=O) groups is 3. The fraction of sp³-hybridized carbons (Fsp3) is 0.894. The van der Waals surface area contributed by atoms with Crippen LogP contribution in [0.4, 0.5) is 0 Å². The molecule has 0 heterocycles. The van der Waals surface area contributed by atoms with Crippen molar-refractivity contribution in [1.82, 2.24) is 0 Å². The minimum Gasteiger partial charge on any atom is -0.462 e. The predicted molar refractivity (Wildman–Crippen MR) is 312 cm³/mol. The van der Waals surface area contributed by atoms with Gasteiger partial charge in [0.25, 0.3) is 0 Å². The number of carbonyl (C=O) groups excluding carboxylic acids is 3. The van der Waals surface area contributed by atoms with Gasteiger partial charge >= 0.3 is 17.9 Å². The van der Waals surface area contributed by atoms with E-state index in [1.165, 1.54) is 257 Å². The highest BCUT2D eigenvalue weighted by Gasteiger charge is 2.19. The van der Waals surface area contributed by atoms with Crippen molar-refractivity contribution in [2.75, 3.05) is 13.2 Å². The van der Waals surface area contributed by atoms with Gasteiger partial charge in [0.05, 0.1) is 0 Å². The summed E-state index contributed by atoms with van der Waals surface area (Å²) in [6.45, 7) is 6.63. The van der Waals surface area contributed by atoms with Crippen molar-refractivity contribution in [3.8, 4) is 0 Å². The summed E-state index contributed by atoms with van der Waals surface area (Å²) >= 11 is 0. The SMILES string of the molecule is CCCCCCC/C=C\C/C=C\CCCCCCCCCCCC(=O)OC(COC(=O)CCCCCCCC)COC(=O)CCCCCCCCCCCCCCCCCCCCCCCCCCCCC. The molecule has 0 aliphatic heterocycles. The summed E-state index contributed by atoms with van der Waals surface area (Å²) in [6.07, 6.45) is 73.8. The van der Waals surface area contributed by atoms with Crippen LogP contribution in [0.5, 0.6) is 0 Å². The number of hydrogen-bond acceptors (Lipinski definition) is 6. The first-order chi connectivity index (χ1) is 35.5. The first kappa shape index (κ1) is 69.9. The van der Waals surface area contributed by atoms with E-state index in [0.29, 0.717) is 19.3 Å². The largest absolute Gasteiger partial charge is 0.462 e. The van der Waals surface area contributed by atoms with Crippen LogP contribution in [-0.4, -0.2) is 37.2 Å². The maximum Gasteiger partial charge on any atom is 0.306 e. The first-order valence-electron chi connectivity index (χ1n) is 32.3. The quantitative estimate of drug-likeness (QED) is 0.0261. The van der Waals surface area contributed by atoms with Crippen molar-refractivity contribution in [1.29, 1.82) is 0 Å².